The zero-order chi connectivity index (χ0) is 15.6. The third-order valence-corrected chi connectivity index (χ3v) is 4.03. The van der Waals surface area contributed by atoms with Crippen LogP contribution >= 0.6 is 0 Å². The molecular formula is C13H14N2O5S. The van der Waals surface area contributed by atoms with Crippen molar-refractivity contribution in [3.05, 3.63) is 41.7 Å². The number of carbonyl (C=O) groups is 1. The van der Waals surface area contributed by atoms with Crippen LogP contribution in [0.1, 0.15) is 16.1 Å². The number of nitrogens with one attached hydrogen (secondary N) is 2. The van der Waals surface area contributed by atoms with E-state index in [1.54, 1.807) is 13.0 Å². The summed E-state index contributed by atoms with van der Waals surface area (Å²) >= 11 is 0. The Bertz CT molecular complexity index is 780. The molecule has 0 atom stereocenters. The molecule has 1 amide bonds. The van der Waals surface area contributed by atoms with Crippen LogP contribution in [0.5, 0.6) is 5.75 Å². The predicted octanol–water partition coefficient (Wildman–Crippen LogP) is 1.45. The number of aryl methyl sites for hydroxylation is 1. The van der Waals surface area contributed by atoms with E-state index in [1.807, 2.05) is 0 Å². The molecule has 1 aromatic heterocycles. The minimum atomic E-state index is -3.74. The number of benzene rings is 1. The molecule has 8 heteroatoms. The maximum atomic E-state index is 11.9. The first kappa shape index (κ1) is 15.1. The molecule has 0 saturated heterocycles. The fourth-order valence-electron chi connectivity index (χ4n) is 1.62. The van der Waals surface area contributed by atoms with Crippen LogP contribution in [0.3, 0.4) is 0 Å². The van der Waals surface area contributed by atoms with E-state index < -0.39 is 15.9 Å². The number of carbonyl (C=O) groups excluding carboxylic acids is 1. The maximum absolute atomic E-state index is 11.9. The Morgan fingerprint density at radius 3 is 2.57 bits per heavy atom. The summed E-state index contributed by atoms with van der Waals surface area (Å²) in [5, 5.41) is 11.8. The van der Waals surface area contributed by atoms with E-state index in [0.29, 0.717) is 0 Å². The summed E-state index contributed by atoms with van der Waals surface area (Å²) < 4.78 is 30.1. The predicted molar refractivity (Wildman–Crippen MR) is 75.8 cm³/mol. The molecule has 0 bridgehead atoms. The van der Waals surface area contributed by atoms with Gasteiger partial charge in [-0.2, -0.15) is 0 Å². The molecule has 2 rings (SSSR count). The lowest BCUT2D eigenvalue weighted by Crippen LogP contribution is -2.18. The third kappa shape index (κ3) is 3.23. The fourth-order valence-corrected chi connectivity index (χ4v) is 2.27. The molecule has 0 saturated carbocycles. The monoisotopic (exact) mass is 310 g/mol. The second kappa shape index (κ2) is 5.58. The van der Waals surface area contributed by atoms with E-state index in [1.165, 1.54) is 31.3 Å². The molecule has 0 fully saturated rings. The van der Waals surface area contributed by atoms with E-state index in [-0.39, 0.29) is 22.3 Å². The highest BCUT2D eigenvalue weighted by molar-refractivity contribution is 7.89. The van der Waals surface area contributed by atoms with Crippen LogP contribution in [-0.2, 0) is 10.0 Å². The highest BCUT2D eigenvalue weighted by Gasteiger charge is 2.20. The van der Waals surface area contributed by atoms with Crippen molar-refractivity contribution in [3.63, 3.8) is 0 Å². The zero-order valence-electron chi connectivity index (χ0n) is 11.4. The van der Waals surface area contributed by atoms with Gasteiger partial charge in [0.2, 0.25) is 5.09 Å². The molecule has 1 heterocycles. The molecule has 1 aromatic carbocycles. The van der Waals surface area contributed by atoms with Crippen LogP contribution in [0.15, 0.2) is 39.8 Å². The molecule has 21 heavy (non-hydrogen) atoms. The Balaban J connectivity index is 2.22. The van der Waals surface area contributed by atoms with Gasteiger partial charge in [0, 0.05) is 0 Å². The van der Waals surface area contributed by atoms with Gasteiger partial charge in [0.1, 0.15) is 5.75 Å². The van der Waals surface area contributed by atoms with Crippen molar-refractivity contribution in [1.29, 1.82) is 0 Å². The van der Waals surface area contributed by atoms with Crippen molar-refractivity contribution in [2.45, 2.75) is 12.0 Å². The smallest absolute Gasteiger partial charge is 0.291 e. The van der Waals surface area contributed by atoms with Crippen molar-refractivity contribution >= 4 is 21.6 Å². The molecule has 0 aliphatic carbocycles. The Kier molecular flexibility index (Phi) is 4.01. The summed E-state index contributed by atoms with van der Waals surface area (Å²) in [6.45, 7) is 1.80. The normalized spacial score (nSPS) is 11.3. The summed E-state index contributed by atoms with van der Waals surface area (Å²) in [5.41, 5.74) is 1.05. The third-order valence-electron chi connectivity index (χ3n) is 2.74. The lowest BCUT2D eigenvalue weighted by atomic mass is 10.2. The SMILES string of the molecule is CNS(=O)(=O)c1ccc(C(=O)Nc2ccc(C)cc2O)o1. The van der Waals surface area contributed by atoms with Gasteiger partial charge in [-0.25, -0.2) is 13.1 Å². The number of furan rings is 1. The number of phenolic OH excluding ortho intramolecular Hbond substituents is 1. The first-order chi connectivity index (χ1) is 9.83. The molecule has 0 radical (unpaired) electrons. The van der Waals surface area contributed by atoms with Crippen molar-refractivity contribution in [3.8, 4) is 5.75 Å². The van der Waals surface area contributed by atoms with E-state index in [9.17, 15) is 18.3 Å². The zero-order valence-corrected chi connectivity index (χ0v) is 12.2. The van der Waals surface area contributed by atoms with Crippen molar-refractivity contribution in [2.24, 2.45) is 0 Å². The van der Waals surface area contributed by atoms with E-state index in [0.717, 1.165) is 5.56 Å². The van der Waals surface area contributed by atoms with Crippen molar-refractivity contribution in [1.82, 2.24) is 4.72 Å². The van der Waals surface area contributed by atoms with Gasteiger partial charge in [0.05, 0.1) is 5.69 Å². The molecule has 112 valence electrons. The van der Waals surface area contributed by atoms with Crippen LogP contribution < -0.4 is 10.0 Å². The van der Waals surface area contributed by atoms with E-state index >= 15 is 0 Å². The molecule has 7 nitrogen and oxygen atoms in total. The van der Waals surface area contributed by atoms with Crippen LogP contribution in [0.25, 0.3) is 0 Å². The lowest BCUT2D eigenvalue weighted by Gasteiger charge is -2.06. The van der Waals surface area contributed by atoms with Crippen molar-refractivity contribution in [2.75, 3.05) is 12.4 Å². The standard InChI is InChI=1S/C13H14N2O5S/c1-8-3-4-9(10(16)7-8)15-13(17)11-5-6-12(20-11)21(18,19)14-2/h3-7,14,16H,1-2H3,(H,15,17). The Morgan fingerprint density at radius 1 is 1.24 bits per heavy atom. The highest BCUT2D eigenvalue weighted by atomic mass is 32.2. The number of hydrogen-bond donors (Lipinski definition) is 3. The summed E-state index contributed by atoms with van der Waals surface area (Å²) in [4.78, 5) is 11.9. The Labute approximate surface area is 121 Å². The number of hydrogen-bond acceptors (Lipinski definition) is 5. The summed E-state index contributed by atoms with van der Waals surface area (Å²) in [6.07, 6.45) is 0. The molecule has 0 unspecified atom stereocenters. The first-order valence-electron chi connectivity index (χ1n) is 5.98. The van der Waals surface area contributed by atoms with Crippen molar-refractivity contribution < 1.29 is 22.7 Å². The largest absolute Gasteiger partial charge is 0.506 e. The van der Waals surface area contributed by atoms with Crippen LogP contribution in [0, 0.1) is 6.92 Å². The van der Waals surface area contributed by atoms with Crippen LogP contribution in [0.2, 0.25) is 0 Å². The molecular weight excluding hydrogens is 296 g/mol. The molecule has 2 aromatic rings. The van der Waals surface area contributed by atoms with Gasteiger partial charge < -0.3 is 14.8 Å². The number of aromatic hydroxyl groups is 1. The average Bonchev–Trinajstić information content (AvgIpc) is 2.92. The quantitative estimate of drug-likeness (QED) is 0.741. The van der Waals surface area contributed by atoms with Crippen LogP contribution in [0.4, 0.5) is 5.69 Å². The number of amides is 1. The number of phenols is 1. The number of anilines is 1. The van der Waals surface area contributed by atoms with Gasteiger partial charge in [0.25, 0.3) is 15.9 Å². The average molecular weight is 310 g/mol. The van der Waals surface area contributed by atoms with Gasteiger partial charge in [-0.05, 0) is 43.8 Å². The second-order valence-corrected chi connectivity index (χ2v) is 6.12. The fraction of sp³-hybridized carbons (Fsp3) is 0.154. The molecule has 3 N–H and O–H groups in total. The van der Waals surface area contributed by atoms with Gasteiger partial charge in [0.15, 0.2) is 5.76 Å². The minimum Gasteiger partial charge on any atom is -0.506 e. The lowest BCUT2D eigenvalue weighted by molar-refractivity contribution is 0.0991. The number of rotatable bonds is 4. The summed E-state index contributed by atoms with van der Waals surface area (Å²) in [5.74, 6) is -0.923. The van der Waals surface area contributed by atoms with Gasteiger partial charge in [-0.3, -0.25) is 4.79 Å². The van der Waals surface area contributed by atoms with E-state index in [4.69, 9.17) is 4.42 Å². The highest BCUT2D eigenvalue weighted by Crippen LogP contribution is 2.25. The topological polar surface area (TPSA) is 109 Å². The van der Waals surface area contributed by atoms with Gasteiger partial charge in [-0.15, -0.1) is 0 Å². The summed E-state index contributed by atoms with van der Waals surface area (Å²) in [6, 6.07) is 7.17. The molecule has 0 aliphatic heterocycles. The second-order valence-electron chi connectivity index (χ2n) is 4.30. The minimum absolute atomic E-state index is 0.0852. The maximum Gasteiger partial charge on any atom is 0.291 e. The number of sulfonamides is 1. The van der Waals surface area contributed by atoms with Gasteiger partial charge in [-0.1, -0.05) is 6.07 Å². The molecule has 0 spiro atoms. The van der Waals surface area contributed by atoms with Crippen LogP contribution in [-0.4, -0.2) is 26.5 Å². The molecule has 0 aliphatic rings. The Hall–Kier alpha value is -2.32. The van der Waals surface area contributed by atoms with Gasteiger partial charge >= 0.3 is 0 Å². The Morgan fingerprint density at radius 2 is 1.95 bits per heavy atom. The van der Waals surface area contributed by atoms with E-state index in [2.05, 4.69) is 10.0 Å². The summed E-state index contributed by atoms with van der Waals surface area (Å²) in [7, 11) is -2.51. The first-order valence-corrected chi connectivity index (χ1v) is 7.46.